The van der Waals surface area contributed by atoms with Crippen molar-refractivity contribution in [1.29, 1.82) is 0 Å². The van der Waals surface area contributed by atoms with E-state index in [1.54, 1.807) is 29.6 Å². The van der Waals surface area contributed by atoms with Crippen molar-refractivity contribution in [2.75, 3.05) is 5.32 Å². The van der Waals surface area contributed by atoms with Gasteiger partial charge in [0.25, 0.3) is 0 Å². The molecule has 0 fully saturated rings. The molecule has 2 N–H and O–H groups in total. The summed E-state index contributed by atoms with van der Waals surface area (Å²) in [5, 5.41) is 11.7. The second kappa shape index (κ2) is 6.98. The number of carbonyl (C=O) groups excluding carboxylic acids is 1. The Labute approximate surface area is 148 Å². The first-order valence-electron chi connectivity index (χ1n) is 7.98. The maximum Gasteiger partial charge on any atom is 0.319 e. The number of aromatic nitrogens is 5. The molecule has 0 unspecified atom stereocenters. The number of nitrogens with one attached hydrogen (secondary N) is 2. The minimum atomic E-state index is -0.303. The van der Waals surface area contributed by atoms with Crippen molar-refractivity contribution in [2.24, 2.45) is 0 Å². The zero-order valence-corrected chi connectivity index (χ0v) is 13.7. The summed E-state index contributed by atoms with van der Waals surface area (Å²) >= 11 is 0. The number of nitrogens with zero attached hydrogens (tertiary/aromatic N) is 5. The van der Waals surface area contributed by atoms with Gasteiger partial charge in [-0.25, -0.2) is 19.4 Å². The van der Waals surface area contributed by atoms with Gasteiger partial charge >= 0.3 is 6.03 Å². The van der Waals surface area contributed by atoms with Crippen molar-refractivity contribution in [3.63, 3.8) is 0 Å². The Morgan fingerprint density at radius 2 is 2.04 bits per heavy atom. The van der Waals surface area contributed by atoms with Gasteiger partial charge in [-0.15, -0.1) is 0 Å². The zero-order valence-electron chi connectivity index (χ0n) is 13.7. The van der Waals surface area contributed by atoms with Crippen molar-refractivity contribution in [2.45, 2.75) is 6.54 Å². The van der Waals surface area contributed by atoms with E-state index in [2.05, 4.69) is 30.7 Å². The fourth-order valence-electron chi connectivity index (χ4n) is 2.67. The summed E-state index contributed by atoms with van der Waals surface area (Å²) in [5.41, 5.74) is 1.56. The number of anilines is 1. The molecule has 4 rings (SSSR count). The maximum absolute atomic E-state index is 12.3. The predicted octanol–water partition coefficient (Wildman–Crippen LogP) is 2.53. The number of hydrogen-bond donors (Lipinski definition) is 2. The number of benzene rings is 1. The van der Waals surface area contributed by atoms with E-state index >= 15 is 0 Å². The summed E-state index contributed by atoms with van der Waals surface area (Å²) < 4.78 is 1.56. The fourth-order valence-corrected chi connectivity index (χ4v) is 2.67. The summed E-state index contributed by atoms with van der Waals surface area (Å²) in [5.74, 6) is 0.626. The summed E-state index contributed by atoms with van der Waals surface area (Å²) in [6.07, 6.45) is 8.14. The van der Waals surface area contributed by atoms with Crippen molar-refractivity contribution in [1.82, 2.24) is 30.0 Å². The normalized spacial score (nSPS) is 10.6. The smallest absolute Gasteiger partial charge is 0.319 e. The first-order valence-corrected chi connectivity index (χ1v) is 7.98. The van der Waals surface area contributed by atoms with Gasteiger partial charge in [-0.05, 0) is 18.2 Å². The quantitative estimate of drug-likeness (QED) is 0.592. The Bertz CT molecular complexity index is 1040. The van der Waals surface area contributed by atoms with Crippen LogP contribution in [-0.4, -0.2) is 30.8 Å². The highest BCUT2D eigenvalue weighted by atomic mass is 16.2. The number of amides is 2. The van der Waals surface area contributed by atoms with Gasteiger partial charge in [-0.1, -0.05) is 18.2 Å². The lowest BCUT2D eigenvalue weighted by Crippen LogP contribution is -2.28. The third-order valence-corrected chi connectivity index (χ3v) is 3.87. The van der Waals surface area contributed by atoms with Crippen LogP contribution in [0.5, 0.6) is 0 Å². The van der Waals surface area contributed by atoms with Gasteiger partial charge in [0.05, 0.1) is 5.69 Å². The van der Waals surface area contributed by atoms with Gasteiger partial charge in [0, 0.05) is 41.5 Å². The van der Waals surface area contributed by atoms with Crippen LogP contribution in [0.4, 0.5) is 10.5 Å². The summed E-state index contributed by atoms with van der Waals surface area (Å²) in [4.78, 5) is 24.7. The number of urea groups is 1. The monoisotopic (exact) mass is 345 g/mol. The molecule has 8 nitrogen and oxygen atoms in total. The molecule has 0 atom stereocenters. The number of carbonyl (C=O) groups is 1. The summed E-state index contributed by atoms with van der Waals surface area (Å²) in [6, 6.07) is 10.9. The van der Waals surface area contributed by atoms with E-state index in [1.807, 2.05) is 36.4 Å². The molecule has 0 aliphatic rings. The van der Waals surface area contributed by atoms with Crippen LogP contribution in [0.3, 0.4) is 0 Å². The predicted molar refractivity (Wildman–Crippen MR) is 96.8 cm³/mol. The second-order valence-corrected chi connectivity index (χ2v) is 5.54. The van der Waals surface area contributed by atoms with Crippen LogP contribution in [0.1, 0.15) is 5.56 Å². The third kappa shape index (κ3) is 3.20. The lowest BCUT2D eigenvalue weighted by Gasteiger charge is -2.11. The zero-order chi connectivity index (χ0) is 17.8. The SMILES string of the molecule is O=C(NCc1cccnc1-n1cncn1)Nc1cccc2cnccc12. The average Bonchev–Trinajstić information content (AvgIpc) is 3.21. The van der Waals surface area contributed by atoms with Crippen LogP contribution in [0.15, 0.2) is 67.6 Å². The Kier molecular flexibility index (Phi) is 4.21. The van der Waals surface area contributed by atoms with E-state index in [1.165, 1.54) is 6.33 Å². The molecule has 128 valence electrons. The molecule has 3 heterocycles. The standard InChI is InChI=1S/C18H15N7O/c26-18(24-16-5-1-3-13-9-19-8-6-15(13)16)22-10-14-4-2-7-21-17(14)25-12-20-11-23-25/h1-9,11-12H,10H2,(H2,22,24,26). The number of fused-ring (bicyclic) bond motifs is 1. The van der Waals surface area contributed by atoms with Crippen LogP contribution >= 0.6 is 0 Å². The van der Waals surface area contributed by atoms with Gasteiger partial charge in [0.1, 0.15) is 12.7 Å². The van der Waals surface area contributed by atoms with Gasteiger partial charge in [-0.3, -0.25) is 4.98 Å². The molecule has 0 aliphatic carbocycles. The highest BCUT2D eigenvalue weighted by Gasteiger charge is 2.09. The van der Waals surface area contributed by atoms with E-state index in [4.69, 9.17) is 0 Å². The van der Waals surface area contributed by atoms with Crippen molar-refractivity contribution in [3.05, 3.63) is 73.2 Å². The highest BCUT2D eigenvalue weighted by Crippen LogP contribution is 2.22. The Morgan fingerprint density at radius 1 is 1.08 bits per heavy atom. The van der Waals surface area contributed by atoms with Crippen LogP contribution in [0.2, 0.25) is 0 Å². The molecule has 0 radical (unpaired) electrons. The van der Waals surface area contributed by atoms with Crippen LogP contribution in [-0.2, 0) is 6.54 Å². The van der Waals surface area contributed by atoms with E-state index in [9.17, 15) is 4.79 Å². The minimum Gasteiger partial charge on any atom is -0.334 e. The maximum atomic E-state index is 12.3. The Balaban J connectivity index is 1.48. The summed E-state index contributed by atoms with van der Waals surface area (Å²) in [6.45, 7) is 0.307. The molecule has 4 aromatic rings. The molecule has 3 aromatic heterocycles. The van der Waals surface area contributed by atoms with E-state index in [0.717, 1.165) is 22.0 Å². The van der Waals surface area contributed by atoms with Crippen LogP contribution < -0.4 is 10.6 Å². The highest BCUT2D eigenvalue weighted by molar-refractivity contribution is 6.01. The molecular weight excluding hydrogens is 330 g/mol. The largest absolute Gasteiger partial charge is 0.334 e. The van der Waals surface area contributed by atoms with E-state index < -0.39 is 0 Å². The molecular formula is C18H15N7O. The van der Waals surface area contributed by atoms with Gasteiger partial charge < -0.3 is 10.6 Å². The molecule has 26 heavy (non-hydrogen) atoms. The second-order valence-electron chi connectivity index (χ2n) is 5.54. The van der Waals surface area contributed by atoms with Crippen LogP contribution in [0, 0.1) is 0 Å². The van der Waals surface area contributed by atoms with Crippen molar-refractivity contribution >= 4 is 22.5 Å². The van der Waals surface area contributed by atoms with Gasteiger partial charge in [0.15, 0.2) is 5.82 Å². The minimum absolute atomic E-state index is 0.303. The molecule has 0 spiro atoms. The average molecular weight is 345 g/mol. The summed E-state index contributed by atoms with van der Waals surface area (Å²) in [7, 11) is 0. The molecule has 0 saturated carbocycles. The number of rotatable bonds is 4. The molecule has 0 saturated heterocycles. The molecule has 0 aliphatic heterocycles. The lowest BCUT2D eigenvalue weighted by atomic mass is 10.1. The molecule has 2 amide bonds. The Morgan fingerprint density at radius 3 is 2.92 bits per heavy atom. The molecule has 8 heteroatoms. The third-order valence-electron chi connectivity index (χ3n) is 3.87. The van der Waals surface area contributed by atoms with E-state index in [-0.39, 0.29) is 6.03 Å². The number of hydrogen-bond acceptors (Lipinski definition) is 5. The lowest BCUT2D eigenvalue weighted by molar-refractivity contribution is 0.252. The van der Waals surface area contributed by atoms with Crippen LogP contribution in [0.25, 0.3) is 16.6 Å². The fraction of sp³-hybridized carbons (Fsp3) is 0.0556. The van der Waals surface area contributed by atoms with Crippen molar-refractivity contribution < 1.29 is 4.79 Å². The first-order chi connectivity index (χ1) is 12.8. The topological polar surface area (TPSA) is 97.6 Å². The number of pyridine rings is 2. The van der Waals surface area contributed by atoms with Gasteiger partial charge in [0.2, 0.25) is 0 Å². The first kappa shape index (κ1) is 15.7. The Hall–Kier alpha value is -3.81. The molecule has 1 aromatic carbocycles. The molecule has 0 bridgehead atoms. The van der Waals surface area contributed by atoms with Crippen molar-refractivity contribution in [3.8, 4) is 5.82 Å². The van der Waals surface area contributed by atoms with Gasteiger partial charge in [-0.2, -0.15) is 5.10 Å². The van der Waals surface area contributed by atoms with E-state index in [0.29, 0.717) is 12.4 Å².